The molecule has 0 aliphatic heterocycles. The fourth-order valence-electron chi connectivity index (χ4n) is 3.41. The molecular formula is C25H19FN4O3S. The molecule has 0 saturated heterocycles. The van der Waals surface area contributed by atoms with Crippen LogP contribution in [0.4, 0.5) is 4.39 Å². The second-order valence-corrected chi connectivity index (χ2v) is 8.33. The number of hydrogen-bond acceptors (Lipinski definition) is 6. The zero-order valence-corrected chi connectivity index (χ0v) is 18.6. The van der Waals surface area contributed by atoms with Crippen LogP contribution in [0.2, 0.25) is 0 Å². The average molecular weight is 475 g/mol. The Kier molecular flexibility index (Phi) is 6.26. The molecule has 2 aromatic heterocycles. The number of ether oxygens (including phenoxy) is 1. The summed E-state index contributed by atoms with van der Waals surface area (Å²) in [6.45, 7) is 0.321. The first kappa shape index (κ1) is 21.7. The van der Waals surface area contributed by atoms with E-state index in [1.165, 1.54) is 30.2 Å². The Balaban J connectivity index is 1.26. The van der Waals surface area contributed by atoms with Crippen molar-refractivity contribution in [1.29, 1.82) is 0 Å². The maximum atomic E-state index is 13.0. The molecule has 3 aromatic carbocycles. The predicted octanol–water partition coefficient (Wildman–Crippen LogP) is 5.70. The molecule has 0 spiro atoms. The molecule has 0 bridgehead atoms. The molecule has 0 aliphatic rings. The first-order chi connectivity index (χ1) is 16.7. The molecule has 0 unspecified atom stereocenters. The molecule has 5 aromatic rings. The van der Waals surface area contributed by atoms with Crippen molar-refractivity contribution in [3.05, 3.63) is 102 Å². The van der Waals surface area contributed by atoms with E-state index in [2.05, 4.69) is 20.5 Å². The molecule has 34 heavy (non-hydrogen) atoms. The number of benzene rings is 3. The molecule has 0 aliphatic carbocycles. The normalized spacial score (nSPS) is 11.0. The molecule has 0 saturated carbocycles. The summed E-state index contributed by atoms with van der Waals surface area (Å²) in [4.78, 5) is 17.1. The lowest BCUT2D eigenvalue weighted by molar-refractivity contribution is 0.0924. The number of hydrogen-bond donors (Lipinski definition) is 2. The van der Waals surface area contributed by atoms with Crippen LogP contribution in [0.15, 0.2) is 88.7 Å². The van der Waals surface area contributed by atoms with Crippen molar-refractivity contribution in [3.63, 3.8) is 0 Å². The van der Waals surface area contributed by atoms with E-state index in [9.17, 15) is 9.18 Å². The molecule has 0 radical (unpaired) electrons. The first-order valence-corrected chi connectivity index (χ1v) is 11.4. The average Bonchev–Trinajstić information content (AvgIpc) is 3.51. The second-order valence-electron chi connectivity index (χ2n) is 7.37. The molecule has 1 amide bonds. The summed E-state index contributed by atoms with van der Waals surface area (Å²) in [5.74, 6) is 1.33. The smallest absolute Gasteiger partial charge is 0.287 e. The SMILES string of the molecule is O=C(NCc1ccc(Oc2ccc(F)cc2)cc1)c1oc2ccccc2c1CSc1ncn[nH]1. The number of aromatic nitrogens is 3. The van der Waals surface area contributed by atoms with Crippen molar-refractivity contribution in [2.75, 3.05) is 0 Å². The minimum Gasteiger partial charge on any atom is -0.457 e. The maximum Gasteiger partial charge on any atom is 0.287 e. The van der Waals surface area contributed by atoms with E-state index in [4.69, 9.17) is 9.15 Å². The highest BCUT2D eigenvalue weighted by molar-refractivity contribution is 7.98. The summed E-state index contributed by atoms with van der Waals surface area (Å²) >= 11 is 1.44. The number of H-pyrrole nitrogens is 1. The summed E-state index contributed by atoms with van der Waals surface area (Å²) in [7, 11) is 0. The van der Waals surface area contributed by atoms with E-state index in [1.807, 2.05) is 36.4 Å². The molecule has 5 rings (SSSR count). The van der Waals surface area contributed by atoms with Gasteiger partial charge < -0.3 is 14.5 Å². The Morgan fingerprint density at radius 1 is 1.03 bits per heavy atom. The monoisotopic (exact) mass is 474 g/mol. The minimum atomic E-state index is -0.317. The Hall–Kier alpha value is -4.11. The van der Waals surface area contributed by atoms with Gasteiger partial charge in [0, 0.05) is 23.2 Å². The van der Waals surface area contributed by atoms with Gasteiger partial charge in [-0.15, -0.1) is 0 Å². The number of carbonyl (C=O) groups is 1. The van der Waals surface area contributed by atoms with Crippen LogP contribution in [0.5, 0.6) is 11.5 Å². The lowest BCUT2D eigenvalue weighted by Crippen LogP contribution is -2.23. The van der Waals surface area contributed by atoms with E-state index in [0.717, 1.165) is 16.5 Å². The van der Waals surface area contributed by atoms with Crippen LogP contribution in [0.1, 0.15) is 21.7 Å². The van der Waals surface area contributed by atoms with Gasteiger partial charge in [-0.2, -0.15) is 5.10 Å². The lowest BCUT2D eigenvalue weighted by atomic mass is 10.1. The van der Waals surface area contributed by atoms with Gasteiger partial charge >= 0.3 is 0 Å². The standard InChI is InChI=1S/C25H19FN4O3S/c26-17-7-11-19(12-8-17)32-18-9-5-16(6-10-18)13-27-24(31)23-21(14-34-25-28-15-29-30-25)20-3-1-2-4-22(20)33-23/h1-12,15H,13-14H2,(H,27,31)(H,28,29,30). The predicted molar refractivity (Wildman–Crippen MR) is 126 cm³/mol. The maximum absolute atomic E-state index is 13.0. The number of fused-ring (bicyclic) bond motifs is 1. The highest BCUT2D eigenvalue weighted by Gasteiger charge is 2.20. The van der Waals surface area contributed by atoms with Crippen LogP contribution in [0.3, 0.4) is 0 Å². The van der Waals surface area contributed by atoms with Crippen LogP contribution in [0, 0.1) is 5.82 Å². The van der Waals surface area contributed by atoms with Gasteiger partial charge in [-0.25, -0.2) is 9.37 Å². The van der Waals surface area contributed by atoms with Crippen LogP contribution >= 0.6 is 11.8 Å². The number of thioether (sulfide) groups is 1. The molecule has 2 N–H and O–H groups in total. The number of rotatable bonds is 8. The summed E-state index contributed by atoms with van der Waals surface area (Å²) in [5.41, 5.74) is 2.36. The largest absolute Gasteiger partial charge is 0.457 e. The number of amides is 1. The quantitative estimate of drug-likeness (QED) is 0.280. The molecule has 170 valence electrons. The van der Waals surface area contributed by atoms with Gasteiger partial charge in [-0.1, -0.05) is 42.1 Å². The van der Waals surface area contributed by atoms with Crippen LogP contribution in [0.25, 0.3) is 11.0 Å². The molecule has 7 nitrogen and oxygen atoms in total. The first-order valence-electron chi connectivity index (χ1n) is 10.4. The van der Waals surface area contributed by atoms with Crippen LogP contribution in [-0.2, 0) is 12.3 Å². The van der Waals surface area contributed by atoms with E-state index >= 15 is 0 Å². The van der Waals surface area contributed by atoms with Gasteiger partial charge in [-0.3, -0.25) is 9.89 Å². The van der Waals surface area contributed by atoms with Gasteiger partial charge in [0.25, 0.3) is 5.91 Å². The Labute approximate surface area is 198 Å². The van der Waals surface area contributed by atoms with Gasteiger partial charge in [0.1, 0.15) is 29.2 Å². The van der Waals surface area contributed by atoms with Gasteiger partial charge in [0.15, 0.2) is 10.9 Å². The number of para-hydroxylation sites is 1. The van der Waals surface area contributed by atoms with E-state index in [-0.39, 0.29) is 17.5 Å². The van der Waals surface area contributed by atoms with E-state index in [1.54, 1.807) is 24.3 Å². The zero-order valence-electron chi connectivity index (χ0n) is 17.8. The van der Waals surface area contributed by atoms with Crippen LogP contribution in [-0.4, -0.2) is 21.1 Å². The van der Waals surface area contributed by atoms with Crippen molar-refractivity contribution in [2.24, 2.45) is 0 Å². The summed E-state index contributed by atoms with van der Waals surface area (Å²) in [6, 6.07) is 20.7. The molecule has 0 atom stereocenters. The summed E-state index contributed by atoms with van der Waals surface area (Å²) in [6.07, 6.45) is 1.44. The summed E-state index contributed by atoms with van der Waals surface area (Å²) in [5, 5.41) is 11.1. The number of nitrogens with zero attached hydrogens (tertiary/aromatic N) is 2. The van der Waals surface area contributed by atoms with Gasteiger partial charge in [0.2, 0.25) is 0 Å². The van der Waals surface area contributed by atoms with E-state index in [0.29, 0.717) is 34.5 Å². The van der Waals surface area contributed by atoms with Crippen LogP contribution < -0.4 is 10.1 Å². The number of aromatic amines is 1. The molecule has 2 heterocycles. The van der Waals surface area contributed by atoms with Gasteiger partial charge in [-0.05, 0) is 48.0 Å². The van der Waals surface area contributed by atoms with Crippen molar-refractivity contribution < 1.29 is 18.3 Å². The van der Waals surface area contributed by atoms with Crippen molar-refractivity contribution in [3.8, 4) is 11.5 Å². The fourth-order valence-corrected chi connectivity index (χ4v) is 4.21. The number of nitrogens with one attached hydrogen (secondary N) is 2. The molecule has 9 heteroatoms. The summed E-state index contributed by atoms with van der Waals surface area (Å²) < 4.78 is 24.6. The van der Waals surface area contributed by atoms with Crippen molar-refractivity contribution in [1.82, 2.24) is 20.5 Å². The highest BCUT2D eigenvalue weighted by atomic mass is 32.2. The molecular weight excluding hydrogens is 455 g/mol. The lowest BCUT2D eigenvalue weighted by Gasteiger charge is -2.08. The minimum absolute atomic E-state index is 0.282. The van der Waals surface area contributed by atoms with Gasteiger partial charge in [0.05, 0.1) is 0 Å². The third-order valence-corrected chi connectivity index (χ3v) is 5.98. The molecule has 0 fully saturated rings. The third kappa shape index (κ3) is 4.94. The Morgan fingerprint density at radius 3 is 2.50 bits per heavy atom. The fraction of sp³-hybridized carbons (Fsp3) is 0.0800. The van der Waals surface area contributed by atoms with E-state index < -0.39 is 0 Å². The Bertz CT molecular complexity index is 1400. The number of carbonyl (C=O) groups excluding carboxylic acids is 1. The highest BCUT2D eigenvalue weighted by Crippen LogP contribution is 2.31. The van der Waals surface area contributed by atoms with Crippen molar-refractivity contribution >= 4 is 28.6 Å². The topological polar surface area (TPSA) is 93.0 Å². The third-order valence-electron chi connectivity index (χ3n) is 5.08. The number of halogens is 1. The zero-order chi connectivity index (χ0) is 23.3. The van der Waals surface area contributed by atoms with Crippen molar-refractivity contribution in [2.45, 2.75) is 17.5 Å². The Morgan fingerprint density at radius 2 is 1.76 bits per heavy atom. The second kappa shape index (κ2) is 9.80. The number of furan rings is 1.